The number of nitrogens with zero attached hydrogens (tertiary/aromatic N) is 3. The zero-order chi connectivity index (χ0) is 21.7. The minimum atomic E-state index is -0.856. The van der Waals surface area contributed by atoms with Crippen molar-refractivity contribution in [2.75, 3.05) is 26.3 Å². The first-order chi connectivity index (χ1) is 15.0. The number of aliphatic imine (C=N–C) groups is 1. The van der Waals surface area contributed by atoms with E-state index >= 15 is 0 Å². The van der Waals surface area contributed by atoms with Crippen LogP contribution in [-0.4, -0.2) is 58.4 Å². The maximum absolute atomic E-state index is 14.0. The Labute approximate surface area is 182 Å². The molecule has 162 valence electrons. The minimum Gasteiger partial charge on any atom is -0.388 e. The number of aliphatic hydroxyl groups is 1. The molecular weight excluding hydrogens is 393 g/mol. The summed E-state index contributed by atoms with van der Waals surface area (Å²) in [6.07, 6.45) is 5.96. The summed E-state index contributed by atoms with van der Waals surface area (Å²) in [7, 11) is 0. The Hall–Kier alpha value is -2.99. The van der Waals surface area contributed by atoms with E-state index in [9.17, 15) is 14.3 Å². The Bertz CT molecular complexity index is 966. The summed E-state index contributed by atoms with van der Waals surface area (Å²) < 4.78 is 14.0. The van der Waals surface area contributed by atoms with E-state index in [1.165, 1.54) is 6.07 Å². The van der Waals surface area contributed by atoms with Crippen LogP contribution in [0.1, 0.15) is 30.4 Å². The van der Waals surface area contributed by atoms with Crippen LogP contribution in [0.2, 0.25) is 0 Å². The van der Waals surface area contributed by atoms with Crippen LogP contribution in [0.5, 0.6) is 0 Å². The summed E-state index contributed by atoms with van der Waals surface area (Å²) in [5.74, 6) is -0.148. The van der Waals surface area contributed by atoms with E-state index in [-0.39, 0.29) is 11.7 Å². The molecule has 0 saturated carbocycles. The van der Waals surface area contributed by atoms with Crippen LogP contribution in [0.4, 0.5) is 4.39 Å². The third-order valence-electron chi connectivity index (χ3n) is 6.03. The van der Waals surface area contributed by atoms with Gasteiger partial charge >= 0.3 is 0 Å². The van der Waals surface area contributed by atoms with Crippen molar-refractivity contribution >= 4 is 11.6 Å². The molecule has 0 atom stereocenters. The molecule has 0 aliphatic carbocycles. The minimum absolute atomic E-state index is 0.142. The second-order valence-corrected chi connectivity index (χ2v) is 8.32. The fourth-order valence-corrected chi connectivity index (χ4v) is 4.15. The fraction of sp³-hybridized carbons (Fsp3) is 0.360. The topological polar surface area (TPSA) is 56.1 Å². The Balaban J connectivity index is 1.25. The van der Waals surface area contributed by atoms with Crippen LogP contribution in [0.3, 0.4) is 0 Å². The van der Waals surface area contributed by atoms with E-state index in [4.69, 9.17) is 0 Å². The molecular formula is C25H28FN3O2. The molecule has 4 rings (SSSR count). The number of benzene rings is 2. The highest BCUT2D eigenvalue weighted by molar-refractivity contribution is 6.09. The summed E-state index contributed by atoms with van der Waals surface area (Å²) in [5, 5.41) is 11.0. The fourth-order valence-electron chi connectivity index (χ4n) is 4.15. The van der Waals surface area contributed by atoms with Crippen LogP contribution < -0.4 is 0 Å². The van der Waals surface area contributed by atoms with Gasteiger partial charge in [0.2, 0.25) is 5.91 Å². The normalized spacial score (nSPS) is 18.1. The number of halogens is 1. The lowest BCUT2D eigenvalue weighted by atomic mass is 9.90. The number of hydrogen-bond acceptors (Lipinski definition) is 4. The maximum atomic E-state index is 14.0. The summed E-state index contributed by atoms with van der Waals surface area (Å²) in [6.45, 7) is 1.95. The van der Waals surface area contributed by atoms with E-state index in [1.54, 1.807) is 24.3 Å². The van der Waals surface area contributed by atoms with Gasteiger partial charge in [0.05, 0.1) is 11.3 Å². The molecule has 0 radical (unpaired) electrons. The quantitative estimate of drug-likeness (QED) is 0.778. The average Bonchev–Trinajstić information content (AvgIpc) is 2.79. The van der Waals surface area contributed by atoms with Crippen molar-refractivity contribution in [1.82, 2.24) is 9.80 Å². The number of carbonyl (C=O) groups excluding carboxylic acids is 1. The summed E-state index contributed by atoms with van der Waals surface area (Å²) in [6, 6.07) is 16.6. The predicted molar refractivity (Wildman–Crippen MR) is 119 cm³/mol. The monoisotopic (exact) mass is 421 g/mol. The van der Waals surface area contributed by atoms with E-state index in [0.717, 1.165) is 12.0 Å². The number of amides is 1. The third kappa shape index (κ3) is 5.39. The number of carbonyl (C=O) groups is 1. The van der Waals surface area contributed by atoms with Crippen molar-refractivity contribution in [1.29, 1.82) is 0 Å². The molecule has 0 aromatic heterocycles. The molecule has 6 heteroatoms. The lowest BCUT2D eigenvalue weighted by Gasteiger charge is -2.41. The van der Waals surface area contributed by atoms with Crippen molar-refractivity contribution in [3.63, 3.8) is 0 Å². The summed E-state index contributed by atoms with van der Waals surface area (Å²) >= 11 is 0. The molecule has 0 unspecified atom stereocenters. The first-order valence-electron chi connectivity index (χ1n) is 10.8. The van der Waals surface area contributed by atoms with Crippen LogP contribution in [-0.2, 0) is 11.2 Å². The molecule has 5 nitrogen and oxygen atoms in total. The highest BCUT2D eigenvalue weighted by Gasteiger charge is 2.35. The summed E-state index contributed by atoms with van der Waals surface area (Å²) in [4.78, 5) is 20.8. The van der Waals surface area contributed by atoms with Gasteiger partial charge in [-0.2, -0.15) is 0 Å². The zero-order valence-corrected chi connectivity index (χ0v) is 17.6. The highest BCUT2D eigenvalue weighted by atomic mass is 19.1. The van der Waals surface area contributed by atoms with Crippen molar-refractivity contribution in [2.24, 2.45) is 4.99 Å². The van der Waals surface area contributed by atoms with Gasteiger partial charge in [0.25, 0.3) is 0 Å². The standard InChI is InChI=1S/C25H28FN3O2/c26-22-9-5-4-8-21(22)23-12-15-28(19-27-23)18-25(31)13-16-29(17-14-25)24(30)11-10-20-6-2-1-3-7-20/h1-9,12,15,31H,10-11,13-14,16-19H2. The van der Waals surface area contributed by atoms with Gasteiger partial charge < -0.3 is 14.9 Å². The molecule has 2 heterocycles. The van der Waals surface area contributed by atoms with Crippen molar-refractivity contribution < 1.29 is 14.3 Å². The Morgan fingerprint density at radius 2 is 1.77 bits per heavy atom. The van der Waals surface area contributed by atoms with E-state index in [2.05, 4.69) is 4.99 Å². The Kier molecular flexibility index (Phi) is 6.47. The number of aryl methyl sites for hydroxylation is 1. The van der Waals surface area contributed by atoms with Crippen LogP contribution in [0.25, 0.3) is 0 Å². The Morgan fingerprint density at radius 3 is 2.45 bits per heavy atom. The van der Waals surface area contributed by atoms with Crippen LogP contribution in [0.15, 0.2) is 71.9 Å². The second-order valence-electron chi connectivity index (χ2n) is 8.32. The van der Waals surface area contributed by atoms with Crippen molar-refractivity contribution in [3.05, 3.63) is 83.8 Å². The molecule has 1 N–H and O–H groups in total. The first kappa shape index (κ1) is 21.2. The number of β-amino-alcohol motifs (C(OH)–C–C–N with tert-alkyl or cyclic N) is 1. The van der Waals surface area contributed by atoms with Gasteiger partial charge in [-0.3, -0.25) is 9.79 Å². The highest BCUT2D eigenvalue weighted by Crippen LogP contribution is 2.25. The number of rotatable bonds is 6. The first-order valence-corrected chi connectivity index (χ1v) is 10.8. The van der Waals surface area contributed by atoms with Gasteiger partial charge in [-0.25, -0.2) is 4.39 Å². The van der Waals surface area contributed by atoms with Gasteiger partial charge in [-0.05, 0) is 43.0 Å². The number of hydrogen-bond donors (Lipinski definition) is 1. The van der Waals surface area contributed by atoms with Gasteiger partial charge in [-0.15, -0.1) is 0 Å². The number of likely N-dealkylation sites (tertiary alicyclic amines) is 1. The lowest BCUT2D eigenvalue weighted by Crippen LogP contribution is -2.51. The predicted octanol–water partition coefficient (Wildman–Crippen LogP) is 3.39. The van der Waals surface area contributed by atoms with Gasteiger partial charge in [0.15, 0.2) is 0 Å². The van der Waals surface area contributed by atoms with Crippen LogP contribution >= 0.6 is 0 Å². The second kappa shape index (κ2) is 9.43. The SMILES string of the molecule is O=C(CCc1ccccc1)N1CCC(O)(CN2C=CC(c3ccccc3F)=NC2)CC1. The zero-order valence-electron chi connectivity index (χ0n) is 17.6. The lowest BCUT2D eigenvalue weighted by molar-refractivity contribution is -0.135. The summed E-state index contributed by atoms with van der Waals surface area (Å²) in [5.41, 5.74) is 1.40. The van der Waals surface area contributed by atoms with Gasteiger partial charge in [-0.1, -0.05) is 42.5 Å². The average molecular weight is 422 g/mol. The largest absolute Gasteiger partial charge is 0.388 e. The molecule has 2 aliphatic rings. The van der Waals surface area contributed by atoms with Crippen molar-refractivity contribution in [3.8, 4) is 0 Å². The third-order valence-corrected chi connectivity index (χ3v) is 6.03. The molecule has 0 spiro atoms. The van der Waals surface area contributed by atoms with E-state index < -0.39 is 5.60 Å². The van der Waals surface area contributed by atoms with Gasteiger partial charge in [0.1, 0.15) is 12.5 Å². The smallest absolute Gasteiger partial charge is 0.222 e. The van der Waals surface area contributed by atoms with Crippen LogP contribution in [0, 0.1) is 5.82 Å². The molecule has 31 heavy (non-hydrogen) atoms. The number of allylic oxidation sites excluding steroid dienone is 1. The molecule has 2 aromatic carbocycles. The Morgan fingerprint density at radius 1 is 1.06 bits per heavy atom. The molecule has 1 amide bonds. The molecule has 1 saturated heterocycles. The number of piperidine rings is 1. The molecule has 2 aliphatic heterocycles. The molecule has 1 fully saturated rings. The van der Waals surface area contributed by atoms with Crippen molar-refractivity contribution in [2.45, 2.75) is 31.3 Å². The van der Waals surface area contributed by atoms with E-state index in [0.29, 0.717) is 56.8 Å². The molecule has 0 bridgehead atoms. The van der Waals surface area contributed by atoms with Gasteiger partial charge in [0, 0.05) is 37.8 Å². The molecule has 2 aromatic rings. The van der Waals surface area contributed by atoms with E-state index in [1.807, 2.05) is 46.3 Å². The maximum Gasteiger partial charge on any atom is 0.222 e.